The van der Waals surface area contributed by atoms with Crippen LogP contribution < -0.4 is 9.64 Å². The third kappa shape index (κ3) is 4.69. The van der Waals surface area contributed by atoms with E-state index in [4.69, 9.17) is 19.3 Å². The minimum absolute atomic E-state index is 0. The first-order valence-electron chi connectivity index (χ1n) is 12.8. The summed E-state index contributed by atoms with van der Waals surface area (Å²) in [4.78, 5) is 14.3. The summed E-state index contributed by atoms with van der Waals surface area (Å²) >= 11 is 0. The van der Waals surface area contributed by atoms with Crippen molar-refractivity contribution in [1.29, 1.82) is 0 Å². The number of aromatic nitrogens is 4. The molecule has 2 bridgehead atoms. The fourth-order valence-electron chi connectivity index (χ4n) is 6.26. The zero-order valence-corrected chi connectivity index (χ0v) is 23.4. The Morgan fingerprint density at radius 2 is 1.76 bits per heavy atom. The Morgan fingerprint density at radius 1 is 0.973 bits per heavy atom. The van der Waals surface area contributed by atoms with Crippen molar-refractivity contribution < 1.29 is 14.2 Å². The molecule has 6 heterocycles. The number of piperidine rings is 1. The van der Waals surface area contributed by atoms with Gasteiger partial charge in [-0.05, 0) is 68.5 Å². The van der Waals surface area contributed by atoms with Crippen LogP contribution >= 0.6 is 27.0 Å². The number of fused-ring (bicyclic) bond motifs is 3. The number of nitrogens with zero attached hydrogens (tertiary/aromatic N) is 6. The molecule has 1 aromatic carbocycles. The molecule has 37 heavy (non-hydrogen) atoms. The average Bonchev–Trinajstić information content (AvgIpc) is 3.58. The highest BCUT2D eigenvalue weighted by Gasteiger charge is 2.40. The van der Waals surface area contributed by atoms with Gasteiger partial charge in [0.2, 0.25) is 0 Å². The fraction of sp³-hybridized carbons (Fsp3) is 0.577. The van der Waals surface area contributed by atoms with Crippen LogP contribution in [0.15, 0.2) is 24.4 Å². The summed E-state index contributed by atoms with van der Waals surface area (Å²) < 4.78 is 18.6. The van der Waals surface area contributed by atoms with Crippen LogP contribution in [0.3, 0.4) is 0 Å². The molecule has 9 nitrogen and oxygen atoms in total. The molecule has 0 amide bonds. The van der Waals surface area contributed by atoms with E-state index in [9.17, 15) is 0 Å². The van der Waals surface area contributed by atoms with Crippen LogP contribution in [0.25, 0.3) is 16.7 Å². The number of morpholine rings is 1. The second kappa shape index (κ2) is 10.6. The van der Waals surface area contributed by atoms with Gasteiger partial charge in [-0.3, -0.25) is 4.90 Å². The minimum atomic E-state index is 0. The van der Waals surface area contributed by atoms with Gasteiger partial charge in [0.1, 0.15) is 5.82 Å². The first-order chi connectivity index (χ1) is 17.2. The van der Waals surface area contributed by atoms with E-state index in [0.29, 0.717) is 30.1 Å². The van der Waals surface area contributed by atoms with Crippen LogP contribution in [0.4, 0.5) is 5.82 Å². The minimum Gasteiger partial charge on any atom is -0.467 e. The second-order valence-electron chi connectivity index (χ2n) is 10.4. The molecule has 200 valence electrons. The second-order valence-corrected chi connectivity index (χ2v) is 10.4. The van der Waals surface area contributed by atoms with E-state index in [-0.39, 0.29) is 27.0 Å². The molecular formula is C26H36N6O3S2. The molecule has 0 saturated carbocycles. The summed E-state index contributed by atoms with van der Waals surface area (Å²) in [5, 5.41) is 5.87. The van der Waals surface area contributed by atoms with Gasteiger partial charge in [-0.1, -0.05) is 0 Å². The molecule has 0 aliphatic carbocycles. The smallest absolute Gasteiger partial charge is 0.320 e. The molecule has 3 aromatic rings. The zero-order chi connectivity index (χ0) is 23.5. The van der Waals surface area contributed by atoms with Gasteiger partial charge in [0.05, 0.1) is 56.8 Å². The lowest BCUT2D eigenvalue weighted by Gasteiger charge is -2.41. The average molecular weight is 545 g/mol. The number of hydrogen-bond donors (Lipinski definition) is 0. The summed E-state index contributed by atoms with van der Waals surface area (Å²) in [5.74, 6) is 2.18. The lowest BCUT2D eigenvalue weighted by molar-refractivity contribution is -0.0712. The molecule has 4 fully saturated rings. The van der Waals surface area contributed by atoms with Gasteiger partial charge < -0.3 is 19.1 Å². The highest BCUT2D eigenvalue weighted by molar-refractivity contribution is 7.59. The number of methoxy groups -OCH3 is 1. The zero-order valence-electron chi connectivity index (χ0n) is 21.4. The van der Waals surface area contributed by atoms with Crippen molar-refractivity contribution >= 4 is 43.7 Å². The number of ether oxygens (including phenoxy) is 3. The molecule has 11 heteroatoms. The number of likely N-dealkylation sites (tertiary alicyclic amines) is 1. The standard InChI is InChI=1S/C26H32N6O3.2H2S/c1-16-7-18-11-27-32(23(18)9-22(16)17-3-5-30(6-4-17)20-13-34-14-20)25-10-24(28-26(29-25)33-2)31-12-21-8-19(31)15-35-21;;/h7,9-11,17,19-21H,3-6,8,12-15H2,1-2H3;2*1H2. The quantitative estimate of drug-likeness (QED) is 0.485. The van der Waals surface area contributed by atoms with Crippen molar-refractivity contribution in [3.05, 3.63) is 35.5 Å². The molecule has 2 atom stereocenters. The van der Waals surface area contributed by atoms with E-state index < -0.39 is 0 Å². The third-order valence-corrected chi connectivity index (χ3v) is 8.33. The Kier molecular flexibility index (Phi) is 7.61. The van der Waals surface area contributed by atoms with Crippen molar-refractivity contribution in [3.8, 4) is 11.8 Å². The molecule has 0 spiro atoms. The van der Waals surface area contributed by atoms with Gasteiger partial charge in [-0.2, -0.15) is 42.1 Å². The Bertz CT molecular complexity index is 1260. The molecule has 2 aromatic heterocycles. The molecular weight excluding hydrogens is 508 g/mol. The summed E-state index contributed by atoms with van der Waals surface area (Å²) in [6.45, 7) is 7.92. The molecule has 4 saturated heterocycles. The maximum absolute atomic E-state index is 5.79. The largest absolute Gasteiger partial charge is 0.467 e. The Hall–Kier alpha value is -2.05. The number of benzene rings is 1. The predicted molar refractivity (Wildman–Crippen MR) is 152 cm³/mol. The summed E-state index contributed by atoms with van der Waals surface area (Å²) in [5.41, 5.74) is 3.86. The molecule has 7 rings (SSSR count). The van der Waals surface area contributed by atoms with Gasteiger partial charge in [0.25, 0.3) is 0 Å². The van der Waals surface area contributed by atoms with Gasteiger partial charge >= 0.3 is 6.01 Å². The fourth-order valence-corrected chi connectivity index (χ4v) is 6.26. The van der Waals surface area contributed by atoms with Crippen LogP contribution in [-0.4, -0.2) is 89.4 Å². The summed E-state index contributed by atoms with van der Waals surface area (Å²) in [6, 6.07) is 8.01. The van der Waals surface area contributed by atoms with Crippen LogP contribution in [0.1, 0.15) is 36.3 Å². The molecule has 2 unspecified atom stereocenters. The van der Waals surface area contributed by atoms with Crippen molar-refractivity contribution in [2.45, 2.75) is 50.3 Å². The first-order valence-corrected chi connectivity index (χ1v) is 12.8. The van der Waals surface area contributed by atoms with Crippen molar-refractivity contribution in [3.63, 3.8) is 0 Å². The highest BCUT2D eigenvalue weighted by atomic mass is 32.1. The van der Waals surface area contributed by atoms with E-state index in [2.05, 4.69) is 38.8 Å². The molecule has 4 aliphatic heterocycles. The van der Waals surface area contributed by atoms with Crippen LogP contribution in [0.2, 0.25) is 0 Å². The van der Waals surface area contributed by atoms with Crippen molar-refractivity contribution in [2.24, 2.45) is 0 Å². The first kappa shape index (κ1) is 26.6. The molecule has 4 aliphatic rings. The Balaban J connectivity index is 0.00000140. The van der Waals surface area contributed by atoms with Crippen molar-refractivity contribution in [2.75, 3.05) is 51.5 Å². The number of rotatable bonds is 5. The van der Waals surface area contributed by atoms with Crippen LogP contribution in [-0.2, 0) is 9.47 Å². The van der Waals surface area contributed by atoms with E-state index >= 15 is 0 Å². The van der Waals surface area contributed by atoms with Crippen molar-refractivity contribution in [1.82, 2.24) is 24.6 Å². The van der Waals surface area contributed by atoms with Gasteiger partial charge in [-0.15, -0.1) is 0 Å². The van der Waals surface area contributed by atoms with Gasteiger partial charge in [-0.25, -0.2) is 4.68 Å². The van der Waals surface area contributed by atoms with Crippen LogP contribution in [0, 0.1) is 6.92 Å². The predicted octanol–water partition coefficient (Wildman–Crippen LogP) is 2.91. The Morgan fingerprint density at radius 3 is 2.41 bits per heavy atom. The van der Waals surface area contributed by atoms with E-state index in [1.165, 1.54) is 24.0 Å². The lowest BCUT2D eigenvalue weighted by atomic mass is 9.85. The number of anilines is 1. The molecule has 0 N–H and O–H groups in total. The monoisotopic (exact) mass is 544 g/mol. The maximum Gasteiger partial charge on any atom is 0.320 e. The molecule has 0 radical (unpaired) electrons. The number of aryl methyl sites for hydroxylation is 1. The summed E-state index contributed by atoms with van der Waals surface area (Å²) in [6.07, 6.45) is 5.65. The normalized spacial score (nSPS) is 24.1. The van der Waals surface area contributed by atoms with E-state index in [1.807, 2.05) is 16.9 Å². The topological polar surface area (TPSA) is 77.8 Å². The Labute approximate surface area is 231 Å². The SMILES string of the molecule is COc1nc(N2CC3CC2CO3)cc(-n2ncc3cc(C)c(C4CCN(C5COC5)CC4)cc32)n1.S.S. The number of hydrogen-bond acceptors (Lipinski definition) is 8. The van der Waals surface area contributed by atoms with E-state index in [0.717, 1.165) is 68.4 Å². The maximum atomic E-state index is 5.79. The van der Waals surface area contributed by atoms with Crippen LogP contribution in [0.5, 0.6) is 6.01 Å². The summed E-state index contributed by atoms with van der Waals surface area (Å²) in [7, 11) is 1.62. The third-order valence-electron chi connectivity index (χ3n) is 8.33. The lowest BCUT2D eigenvalue weighted by Crippen LogP contribution is -2.51. The van der Waals surface area contributed by atoms with Gasteiger partial charge in [0.15, 0.2) is 5.82 Å². The van der Waals surface area contributed by atoms with Gasteiger partial charge in [0, 0.05) is 18.0 Å². The van der Waals surface area contributed by atoms with E-state index in [1.54, 1.807) is 7.11 Å². The highest BCUT2D eigenvalue weighted by Crippen LogP contribution is 2.36.